The smallest absolute Gasteiger partial charge is 0.306 e. The van der Waals surface area contributed by atoms with Crippen LogP contribution < -0.4 is 0 Å². The summed E-state index contributed by atoms with van der Waals surface area (Å²) in [7, 11) is 0. The van der Waals surface area contributed by atoms with Crippen molar-refractivity contribution in [2.24, 2.45) is 5.92 Å². The number of unbranched alkanes of at least 4 members (excludes halogenated alkanes) is 39. The van der Waals surface area contributed by atoms with Crippen molar-refractivity contribution in [1.82, 2.24) is 0 Å². The lowest BCUT2D eigenvalue weighted by Crippen LogP contribution is -2.30. The Morgan fingerprint density at radius 2 is 0.524 bits per heavy atom. The lowest BCUT2D eigenvalue weighted by molar-refractivity contribution is -0.167. The fourth-order valence-electron chi connectivity index (χ4n) is 8.75. The molecule has 0 unspecified atom stereocenters. The van der Waals surface area contributed by atoms with E-state index in [1.54, 1.807) is 0 Å². The number of hydrogen-bond acceptors (Lipinski definition) is 6. The van der Waals surface area contributed by atoms with Crippen molar-refractivity contribution in [3.63, 3.8) is 0 Å². The van der Waals surface area contributed by atoms with Gasteiger partial charge in [0, 0.05) is 19.3 Å². The molecule has 0 amide bonds. The first kappa shape index (κ1) is 61.4. The number of hydrogen-bond donors (Lipinski definition) is 0. The largest absolute Gasteiger partial charge is 0.462 e. The number of esters is 3. The van der Waals surface area contributed by atoms with Crippen LogP contribution in [0.15, 0.2) is 0 Å². The maximum Gasteiger partial charge on any atom is 0.306 e. The minimum atomic E-state index is -0.761. The highest BCUT2D eigenvalue weighted by molar-refractivity contribution is 5.71. The standard InChI is InChI=1S/C57H110O6/c1-5-7-9-11-13-15-17-18-19-20-21-22-25-30-34-38-42-46-50-57(60)63-54(51-61-55(58)48-44-40-36-32-27-16-14-12-10-8-6-2)52-62-56(59)49-45-41-37-33-29-26-23-24-28-31-35-39-43-47-53(3)4/h53-54H,5-52H2,1-4H3/t54-/m0/s1. The van der Waals surface area contributed by atoms with Crippen molar-refractivity contribution < 1.29 is 28.6 Å². The van der Waals surface area contributed by atoms with Crippen LogP contribution in [-0.4, -0.2) is 37.2 Å². The van der Waals surface area contributed by atoms with E-state index >= 15 is 0 Å². The Balaban J connectivity index is 4.26. The summed E-state index contributed by atoms with van der Waals surface area (Å²) in [5.74, 6) is 0.00184. The van der Waals surface area contributed by atoms with Crippen molar-refractivity contribution in [3.05, 3.63) is 0 Å². The monoisotopic (exact) mass is 891 g/mol. The van der Waals surface area contributed by atoms with Crippen LogP contribution in [0.25, 0.3) is 0 Å². The molecule has 0 fully saturated rings. The molecule has 0 heterocycles. The fraction of sp³-hybridized carbons (Fsp3) is 0.947. The Morgan fingerprint density at radius 3 is 0.778 bits per heavy atom. The Hall–Kier alpha value is -1.59. The average molecular weight is 892 g/mol. The Bertz CT molecular complexity index is 949. The minimum Gasteiger partial charge on any atom is -0.462 e. The van der Waals surface area contributed by atoms with Gasteiger partial charge in [0.1, 0.15) is 13.2 Å². The van der Waals surface area contributed by atoms with Crippen molar-refractivity contribution in [2.45, 2.75) is 329 Å². The second-order valence-electron chi connectivity index (χ2n) is 20.1. The van der Waals surface area contributed by atoms with E-state index in [1.165, 1.54) is 218 Å². The normalized spacial score (nSPS) is 12.0. The van der Waals surface area contributed by atoms with Crippen LogP contribution >= 0.6 is 0 Å². The summed E-state index contributed by atoms with van der Waals surface area (Å²) in [6.45, 7) is 9.05. The lowest BCUT2D eigenvalue weighted by atomic mass is 10.0. The molecule has 0 spiro atoms. The Morgan fingerprint density at radius 1 is 0.302 bits per heavy atom. The molecule has 0 N–H and O–H groups in total. The predicted octanol–water partition coefficient (Wildman–Crippen LogP) is 18.6. The topological polar surface area (TPSA) is 78.9 Å². The molecule has 0 aromatic carbocycles. The first-order chi connectivity index (χ1) is 30.9. The fourth-order valence-corrected chi connectivity index (χ4v) is 8.75. The highest BCUT2D eigenvalue weighted by atomic mass is 16.6. The molecule has 0 radical (unpaired) electrons. The third-order valence-electron chi connectivity index (χ3n) is 13.0. The molecule has 0 aliphatic carbocycles. The predicted molar refractivity (Wildman–Crippen MR) is 270 cm³/mol. The van der Waals surface area contributed by atoms with Crippen LogP contribution in [0, 0.1) is 5.92 Å². The summed E-state index contributed by atoms with van der Waals surface area (Å²) in [6, 6.07) is 0. The zero-order chi connectivity index (χ0) is 45.9. The molecule has 0 bridgehead atoms. The van der Waals surface area contributed by atoms with Gasteiger partial charge in [0.2, 0.25) is 0 Å². The quantitative estimate of drug-likeness (QED) is 0.0344. The van der Waals surface area contributed by atoms with Crippen molar-refractivity contribution in [2.75, 3.05) is 13.2 Å². The molecular weight excluding hydrogens is 781 g/mol. The molecule has 1 atom stereocenters. The highest BCUT2D eigenvalue weighted by Gasteiger charge is 2.19. The third kappa shape index (κ3) is 51.3. The highest BCUT2D eigenvalue weighted by Crippen LogP contribution is 2.18. The second-order valence-corrected chi connectivity index (χ2v) is 20.1. The van der Waals surface area contributed by atoms with Gasteiger partial charge >= 0.3 is 17.9 Å². The van der Waals surface area contributed by atoms with E-state index < -0.39 is 6.10 Å². The summed E-state index contributed by atoms with van der Waals surface area (Å²) < 4.78 is 16.9. The van der Waals surface area contributed by atoms with Crippen LogP contribution in [0.2, 0.25) is 0 Å². The zero-order valence-electron chi connectivity index (χ0n) is 43.0. The van der Waals surface area contributed by atoms with Gasteiger partial charge in [-0.3, -0.25) is 14.4 Å². The van der Waals surface area contributed by atoms with E-state index in [0.29, 0.717) is 19.3 Å². The molecule has 0 aliphatic heterocycles. The van der Waals surface area contributed by atoms with Gasteiger partial charge in [-0.05, 0) is 25.2 Å². The summed E-state index contributed by atoms with van der Waals surface area (Å²) in [4.78, 5) is 38.1. The van der Waals surface area contributed by atoms with Gasteiger partial charge in [-0.1, -0.05) is 285 Å². The van der Waals surface area contributed by atoms with Gasteiger partial charge in [0.15, 0.2) is 6.10 Å². The van der Waals surface area contributed by atoms with E-state index in [9.17, 15) is 14.4 Å². The van der Waals surface area contributed by atoms with Crippen LogP contribution in [0.4, 0.5) is 0 Å². The van der Waals surface area contributed by atoms with E-state index in [-0.39, 0.29) is 31.1 Å². The molecule has 6 nitrogen and oxygen atoms in total. The van der Waals surface area contributed by atoms with Gasteiger partial charge < -0.3 is 14.2 Å². The summed E-state index contributed by atoms with van der Waals surface area (Å²) >= 11 is 0. The molecule has 0 rings (SSSR count). The van der Waals surface area contributed by atoms with Crippen molar-refractivity contribution in [1.29, 1.82) is 0 Å². The second kappa shape index (κ2) is 51.4. The molecule has 0 aliphatic rings. The van der Waals surface area contributed by atoms with E-state index in [1.807, 2.05) is 0 Å². The van der Waals surface area contributed by atoms with Crippen LogP contribution in [0.3, 0.4) is 0 Å². The number of carbonyl (C=O) groups excluding carboxylic acids is 3. The van der Waals surface area contributed by atoms with Crippen LogP contribution in [0.5, 0.6) is 0 Å². The first-order valence-electron chi connectivity index (χ1n) is 28.4. The van der Waals surface area contributed by atoms with Gasteiger partial charge in [0.25, 0.3) is 0 Å². The van der Waals surface area contributed by atoms with Gasteiger partial charge in [-0.15, -0.1) is 0 Å². The SMILES string of the molecule is CCCCCCCCCCCCCCCCCCCCC(=O)O[C@@H](COC(=O)CCCCCCCCCCCCC)COC(=O)CCCCCCCCCCCCCCCC(C)C. The third-order valence-corrected chi connectivity index (χ3v) is 13.0. The Labute approximate surface area is 393 Å². The van der Waals surface area contributed by atoms with E-state index in [2.05, 4.69) is 27.7 Å². The van der Waals surface area contributed by atoms with Crippen molar-refractivity contribution >= 4 is 17.9 Å². The van der Waals surface area contributed by atoms with Crippen LogP contribution in [0.1, 0.15) is 323 Å². The van der Waals surface area contributed by atoms with E-state index in [4.69, 9.17) is 14.2 Å². The number of carbonyl (C=O) groups is 3. The maximum absolute atomic E-state index is 12.8. The lowest BCUT2D eigenvalue weighted by Gasteiger charge is -2.18. The van der Waals surface area contributed by atoms with Crippen molar-refractivity contribution in [3.8, 4) is 0 Å². The van der Waals surface area contributed by atoms with Gasteiger partial charge in [-0.2, -0.15) is 0 Å². The minimum absolute atomic E-state index is 0.0621. The van der Waals surface area contributed by atoms with Gasteiger partial charge in [0.05, 0.1) is 0 Å². The number of rotatable bonds is 52. The molecule has 0 saturated carbocycles. The van der Waals surface area contributed by atoms with Gasteiger partial charge in [-0.25, -0.2) is 0 Å². The maximum atomic E-state index is 12.8. The molecule has 63 heavy (non-hydrogen) atoms. The molecule has 6 heteroatoms. The summed E-state index contributed by atoms with van der Waals surface area (Å²) in [6.07, 6.45) is 55.2. The summed E-state index contributed by atoms with van der Waals surface area (Å²) in [5, 5.41) is 0. The molecular formula is C57H110O6. The number of ether oxygens (including phenoxy) is 3. The molecule has 374 valence electrons. The van der Waals surface area contributed by atoms with Crippen LogP contribution in [-0.2, 0) is 28.6 Å². The first-order valence-corrected chi connectivity index (χ1v) is 28.4. The molecule has 0 aromatic rings. The summed E-state index contributed by atoms with van der Waals surface area (Å²) in [5.41, 5.74) is 0. The Kier molecular flexibility index (Phi) is 50.1. The molecule has 0 saturated heterocycles. The molecule has 0 aromatic heterocycles. The zero-order valence-corrected chi connectivity index (χ0v) is 43.0. The average Bonchev–Trinajstić information content (AvgIpc) is 3.27. The van der Waals surface area contributed by atoms with E-state index in [0.717, 1.165) is 63.7 Å².